The van der Waals surface area contributed by atoms with Crippen molar-refractivity contribution in [1.29, 1.82) is 0 Å². The minimum atomic E-state index is -2.25. The van der Waals surface area contributed by atoms with Gasteiger partial charge in [0.15, 0.2) is 6.29 Å². The quantitative estimate of drug-likeness (QED) is 0.282. The normalized spacial score (nSPS) is 17.1. The van der Waals surface area contributed by atoms with Crippen LogP contribution in [0.2, 0.25) is 0 Å². The minimum absolute atomic E-state index is 0.000949. The summed E-state index contributed by atoms with van der Waals surface area (Å²) in [6.45, 7) is -1.90. The average Bonchev–Trinajstić information content (AvgIpc) is 2.14. The number of carbonyl (C=O) groups is 1. The lowest BCUT2D eigenvalue weighted by Crippen LogP contribution is -2.54. The first-order valence-electron chi connectivity index (χ1n) is 3.27. The molecular formula is C6H12O6. The Bertz CT molecular complexity index is 143. The highest BCUT2D eigenvalue weighted by Gasteiger charge is 2.38. The van der Waals surface area contributed by atoms with Gasteiger partial charge in [-0.2, -0.15) is 0 Å². The van der Waals surface area contributed by atoms with E-state index in [0.29, 0.717) is 0 Å². The fourth-order valence-electron chi connectivity index (χ4n) is 0.629. The van der Waals surface area contributed by atoms with E-state index in [-0.39, 0.29) is 6.29 Å². The summed E-state index contributed by atoms with van der Waals surface area (Å²) in [5.74, 6) is 0. The number of hydrogen-bond donors (Lipinski definition) is 5. The SMILES string of the molecule is O=C[C@@H](O)[C@H](O)C(O)(CO)CO. The molecule has 0 aliphatic carbocycles. The van der Waals surface area contributed by atoms with Crippen LogP contribution < -0.4 is 0 Å². The van der Waals surface area contributed by atoms with Crippen molar-refractivity contribution in [2.24, 2.45) is 0 Å². The van der Waals surface area contributed by atoms with Crippen LogP contribution in [0.4, 0.5) is 0 Å². The third-order valence-corrected chi connectivity index (χ3v) is 1.56. The van der Waals surface area contributed by atoms with Crippen LogP contribution in [0.5, 0.6) is 0 Å². The van der Waals surface area contributed by atoms with E-state index < -0.39 is 31.0 Å². The third kappa shape index (κ3) is 2.23. The van der Waals surface area contributed by atoms with Gasteiger partial charge in [0, 0.05) is 0 Å². The first-order valence-corrected chi connectivity index (χ1v) is 3.27. The lowest BCUT2D eigenvalue weighted by Gasteiger charge is -2.29. The number of carbonyl (C=O) groups excluding carboxylic acids is 1. The second-order valence-electron chi connectivity index (χ2n) is 2.49. The highest BCUT2D eigenvalue weighted by atomic mass is 16.4. The molecule has 6 heteroatoms. The monoisotopic (exact) mass is 180 g/mol. The van der Waals surface area contributed by atoms with Crippen molar-refractivity contribution in [3.63, 3.8) is 0 Å². The van der Waals surface area contributed by atoms with E-state index in [1.165, 1.54) is 0 Å². The molecule has 72 valence electrons. The smallest absolute Gasteiger partial charge is 0.151 e. The van der Waals surface area contributed by atoms with Crippen molar-refractivity contribution in [1.82, 2.24) is 0 Å². The molecule has 0 saturated carbocycles. The van der Waals surface area contributed by atoms with Gasteiger partial charge in [-0.3, -0.25) is 0 Å². The molecule has 0 aromatic rings. The number of hydrogen-bond acceptors (Lipinski definition) is 6. The van der Waals surface area contributed by atoms with Gasteiger partial charge in [0.1, 0.15) is 17.8 Å². The summed E-state index contributed by atoms with van der Waals surface area (Å²) >= 11 is 0. The molecule has 0 aliphatic rings. The summed E-state index contributed by atoms with van der Waals surface area (Å²) in [6, 6.07) is 0. The zero-order valence-corrected chi connectivity index (χ0v) is 6.29. The Hall–Kier alpha value is -0.530. The summed E-state index contributed by atoms with van der Waals surface area (Å²) in [5.41, 5.74) is -2.25. The van der Waals surface area contributed by atoms with Crippen LogP contribution in [0.15, 0.2) is 0 Å². The van der Waals surface area contributed by atoms with Gasteiger partial charge < -0.3 is 30.3 Å². The second kappa shape index (κ2) is 4.48. The molecular weight excluding hydrogens is 168 g/mol. The first-order chi connectivity index (χ1) is 5.51. The molecule has 0 rings (SSSR count). The highest BCUT2D eigenvalue weighted by Crippen LogP contribution is 2.11. The predicted molar refractivity (Wildman–Crippen MR) is 37.2 cm³/mol. The highest BCUT2D eigenvalue weighted by molar-refractivity contribution is 5.57. The van der Waals surface area contributed by atoms with E-state index >= 15 is 0 Å². The van der Waals surface area contributed by atoms with Crippen LogP contribution in [0.1, 0.15) is 0 Å². The van der Waals surface area contributed by atoms with Crippen LogP contribution in [0, 0.1) is 0 Å². The van der Waals surface area contributed by atoms with Crippen molar-refractivity contribution in [3.8, 4) is 0 Å². The van der Waals surface area contributed by atoms with Crippen molar-refractivity contribution in [2.75, 3.05) is 13.2 Å². The molecule has 0 heterocycles. The van der Waals surface area contributed by atoms with Crippen molar-refractivity contribution >= 4 is 6.29 Å². The maximum absolute atomic E-state index is 9.94. The Morgan fingerprint density at radius 2 is 1.67 bits per heavy atom. The predicted octanol–water partition coefficient (Wildman–Crippen LogP) is -3.38. The van der Waals surface area contributed by atoms with Gasteiger partial charge in [-0.1, -0.05) is 0 Å². The maximum atomic E-state index is 9.94. The molecule has 12 heavy (non-hydrogen) atoms. The van der Waals surface area contributed by atoms with E-state index in [2.05, 4.69) is 0 Å². The largest absolute Gasteiger partial charge is 0.393 e. The van der Waals surface area contributed by atoms with Crippen molar-refractivity contribution in [2.45, 2.75) is 17.8 Å². The maximum Gasteiger partial charge on any atom is 0.151 e. The lowest BCUT2D eigenvalue weighted by molar-refractivity contribution is -0.166. The molecule has 0 unspecified atom stereocenters. The van der Waals surface area contributed by atoms with Crippen LogP contribution in [-0.4, -0.2) is 62.8 Å². The zero-order chi connectivity index (χ0) is 9.78. The zero-order valence-electron chi connectivity index (χ0n) is 6.29. The van der Waals surface area contributed by atoms with Crippen LogP contribution in [0.25, 0.3) is 0 Å². The molecule has 0 aliphatic heterocycles. The van der Waals surface area contributed by atoms with Gasteiger partial charge in [-0.05, 0) is 0 Å². The molecule has 2 atom stereocenters. The van der Waals surface area contributed by atoms with E-state index in [0.717, 1.165) is 0 Å². The lowest BCUT2D eigenvalue weighted by atomic mass is 9.95. The van der Waals surface area contributed by atoms with Crippen molar-refractivity contribution in [3.05, 3.63) is 0 Å². The van der Waals surface area contributed by atoms with Crippen LogP contribution in [-0.2, 0) is 4.79 Å². The first kappa shape index (κ1) is 11.5. The summed E-state index contributed by atoms with van der Waals surface area (Å²) in [6.07, 6.45) is -3.72. The standard InChI is InChI=1S/C6H12O6/c7-1-4(10)5(11)6(12,2-8)3-9/h1,4-5,8-12H,2-3H2/t4-,5+/m1/s1. The fourth-order valence-corrected chi connectivity index (χ4v) is 0.629. The van der Waals surface area contributed by atoms with E-state index in [4.69, 9.17) is 25.5 Å². The van der Waals surface area contributed by atoms with Crippen molar-refractivity contribution < 1.29 is 30.3 Å². The Morgan fingerprint density at radius 1 is 1.25 bits per heavy atom. The molecule has 5 N–H and O–H groups in total. The minimum Gasteiger partial charge on any atom is -0.393 e. The number of aliphatic hydroxyl groups is 5. The van der Waals surface area contributed by atoms with Gasteiger partial charge in [-0.25, -0.2) is 0 Å². The Labute approximate surface area is 68.7 Å². The second-order valence-corrected chi connectivity index (χ2v) is 2.49. The molecule has 0 spiro atoms. The van der Waals surface area contributed by atoms with Crippen LogP contribution in [0.3, 0.4) is 0 Å². The Morgan fingerprint density at radius 3 is 1.92 bits per heavy atom. The van der Waals surface area contributed by atoms with Gasteiger partial charge >= 0.3 is 0 Å². The fraction of sp³-hybridized carbons (Fsp3) is 0.833. The molecule has 0 aromatic heterocycles. The molecule has 0 saturated heterocycles. The van der Waals surface area contributed by atoms with E-state index in [1.807, 2.05) is 0 Å². The van der Waals surface area contributed by atoms with Gasteiger partial charge in [0.25, 0.3) is 0 Å². The summed E-state index contributed by atoms with van der Waals surface area (Å²) < 4.78 is 0. The summed E-state index contributed by atoms with van der Waals surface area (Å²) in [7, 11) is 0. The van der Waals surface area contributed by atoms with Gasteiger partial charge in [-0.15, -0.1) is 0 Å². The number of aliphatic hydroxyl groups excluding tert-OH is 4. The van der Waals surface area contributed by atoms with Crippen LogP contribution >= 0.6 is 0 Å². The molecule has 0 fully saturated rings. The molecule has 0 amide bonds. The van der Waals surface area contributed by atoms with Gasteiger partial charge in [0.2, 0.25) is 0 Å². The van der Waals surface area contributed by atoms with E-state index in [9.17, 15) is 4.79 Å². The third-order valence-electron chi connectivity index (χ3n) is 1.56. The summed E-state index contributed by atoms with van der Waals surface area (Å²) in [5, 5.41) is 43.8. The Balaban J connectivity index is 4.39. The molecule has 0 aromatic carbocycles. The Kier molecular flexibility index (Phi) is 4.29. The molecule has 0 radical (unpaired) electrons. The summed E-state index contributed by atoms with van der Waals surface area (Å²) in [4.78, 5) is 9.94. The topological polar surface area (TPSA) is 118 Å². The van der Waals surface area contributed by atoms with E-state index in [1.54, 1.807) is 0 Å². The number of aldehydes is 1. The average molecular weight is 180 g/mol. The number of rotatable bonds is 5. The molecule has 0 bridgehead atoms. The molecule has 6 nitrogen and oxygen atoms in total. The van der Waals surface area contributed by atoms with Gasteiger partial charge in [0.05, 0.1) is 13.2 Å².